The summed E-state index contributed by atoms with van der Waals surface area (Å²) in [5.41, 5.74) is 8.41. The van der Waals surface area contributed by atoms with Crippen LogP contribution in [0.4, 0.5) is 0 Å². The summed E-state index contributed by atoms with van der Waals surface area (Å²) in [5, 5.41) is 0. The molecule has 2 atom stereocenters. The number of rotatable bonds is 4. The van der Waals surface area contributed by atoms with Gasteiger partial charge in [0.05, 0.1) is 11.7 Å². The highest BCUT2D eigenvalue weighted by molar-refractivity contribution is 5.37. The standard InChI is InChI=1S/C18H27NO2/c1-13-11-15(14(2)19)5-6-17(13)20-12-16-7-10-18(21-16)8-3-4-9-18/h5-6,11,14,16H,3-4,7-10,12,19H2,1-2H3/t14-,16?/m0/s1. The van der Waals surface area contributed by atoms with E-state index in [2.05, 4.69) is 19.1 Å². The zero-order valence-corrected chi connectivity index (χ0v) is 13.2. The van der Waals surface area contributed by atoms with Crippen LogP contribution in [-0.2, 0) is 4.74 Å². The summed E-state index contributed by atoms with van der Waals surface area (Å²) >= 11 is 0. The summed E-state index contributed by atoms with van der Waals surface area (Å²) < 4.78 is 12.3. The highest BCUT2D eigenvalue weighted by Gasteiger charge is 2.42. The van der Waals surface area contributed by atoms with E-state index >= 15 is 0 Å². The maximum atomic E-state index is 6.29. The molecule has 0 bridgehead atoms. The van der Waals surface area contributed by atoms with Crippen LogP contribution in [0, 0.1) is 6.92 Å². The van der Waals surface area contributed by atoms with Crippen molar-refractivity contribution < 1.29 is 9.47 Å². The first kappa shape index (κ1) is 14.9. The SMILES string of the molecule is Cc1cc([C@H](C)N)ccc1OCC1CCC2(CCCC2)O1. The Kier molecular flexibility index (Phi) is 4.23. The van der Waals surface area contributed by atoms with Gasteiger partial charge in [-0.2, -0.15) is 0 Å². The zero-order chi connectivity index (χ0) is 14.9. The van der Waals surface area contributed by atoms with Gasteiger partial charge in [0, 0.05) is 6.04 Å². The number of hydrogen-bond donors (Lipinski definition) is 1. The van der Waals surface area contributed by atoms with Gasteiger partial charge >= 0.3 is 0 Å². The van der Waals surface area contributed by atoms with E-state index in [9.17, 15) is 0 Å². The third-order valence-electron chi connectivity index (χ3n) is 5.00. The second kappa shape index (κ2) is 5.98. The lowest BCUT2D eigenvalue weighted by atomic mass is 9.98. The van der Waals surface area contributed by atoms with E-state index < -0.39 is 0 Å². The summed E-state index contributed by atoms with van der Waals surface area (Å²) in [6.07, 6.45) is 7.74. The number of nitrogens with two attached hydrogens (primary N) is 1. The van der Waals surface area contributed by atoms with Crippen LogP contribution in [0.2, 0.25) is 0 Å². The van der Waals surface area contributed by atoms with Crippen molar-refractivity contribution >= 4 is 0 Å². The lowest BCUT2D eigenvalue weighted by Crippen LogP contribution is -2.27. The molecule has 1 aromatic rings. The molecule has 116 valence electrons. The van der Waals surface area contributed by atoms with Gasteiger partial charge in [-0.25, -0.2) is 0 Å². The van der Waals surface area contributed by atoms with Crippen LogP contribution in [0.3, 0.4) is 0 Å². The van der Waals surface area contributed by atoms with Gasteiger partial charge in [0.2, 0.25) is 0 Å². The van der Waals surface area contributed by atoms with E-state index in [1.807, 2.05) is 13.0 Å². The molecule has 1 unspecified atom stereocenters. The molecule has 0 aromatic heterocycles. The first-order valence-corrected chi connectivity index (χ1v) is 8.25. The number of hydrogen-bond acceptors (Lipinski definition) is 3. The van der Waals surface area contributed by atoms with Crippen molar-refractivity contribution in [2.75, 3.05) is 6.61 Å². The van der Waals surface area contributed by atoms with E-state index in [1.165, 1.54) is 32.1 Å². The predicted octanol–water partition coefficient (Wildman–Crippen LogP) is 3.89. The van der Waals surface area contributed by atoms with Gasteiger partial charge in [-0.15, -0.1) is 0 Å². The minimum absolute atomic E-state index is 0.0677. The Hall–Kier alpha value is -1.06. The van der Waals surface area contributed by atoms with Crippen LogP contribution in [0.25, 0.3) is 0 Å². The van der Waals surface area contributed by atoms with Gasteiger partial charge in [-0.3, -0.25) is 0 Å². The molecular formula is C18H27NO2. The summed E-state index contributed by atoms with van der Waals surface area (Å²) in [7, 11) is 0. The molecule has 0 radical (unpaired) electrons. The molecule has 3 heteroatoms. The normalized spacial score (nSPS) is 25.4. The van der Waals surface area contributed by atoms with Crippen LogP contribution >= 0.6 is 0 Å². The van der Waals surface area contributed by atoms with Crippen LogP contribution in [0.5, 0.6) is 5.75 Å². The highest BCUT2D eigenvalue weighted by atomic mass is 16.6. The largest absolute Gasteiger partial charge is 0.491 e. The maximum Gasteiger partial charge on any atom is 0.122 e. The molecule has 3 nitrogen and oxygen atoms in total. The number of aryl methyl sites for hydroxylation is 1. The zero-order valence-electron chi connectivity index (χ0n) is 13.2. The molecule has 0 amide bonds. The molecule has 1 aliphatic carbocycles. The molecule has 1 aromatic carbocycles. The Morgan fingerprint density at radius 3 is 2.76 bits per heavy atom. The van der Waals surface area contributed by atoms with E-state index in [1.54, 1.807) is 0 Å². The summed E-state index contributed by atoms with van der Waals surface area (Å²) in [5.74, 6) is 0.954. The van der Waals surface area contributed by atoms with Crippen molar-refractivity contribution in [3.8, 4) is 5.75 Å². The molecule has 2 aliphatic rings. The van der Waals surface area contributed by atoms with Crippen LogP contribution in [-0.4, -0.2) is 18.3 Å². The van der Waals surface area contributed by atoms with E-state index in [0.29, 0.717) is 6.61 Å². The Labute approximate surface area is 127 Å². The van der Waals surface area contributed by atoms with E-state index in [4.69, 9.17) is 15.2 Å². The topological polar surface area (TPSA) is 44.5 Å². The van der Waals surface area contributed by atoms with Gasteiger partial charge in [-0.05, 0) is 56.7 Å². The Bertz CT molecular complexity index is 492. The molecule has 1 spiro atoms. The first-order chi connectivity index (χ1) is 10.1. The minimum atomic E-state index is 0.0677. The Balaban J connectivity index is 1.56. The summed E-state index contributed by atoms with van der Waals surface area (Å²) in [4.78, 5) is 0. The lowest BCUT2D eigenvalue weighted by molar-refractivity contribution is -0.0509. The van der Waals surface area contributed by atoms with Crippen LogP contribution in [0.15, 0.2) is 18.2 Å². The monoisotopic (exact) mass is 289 g/mol. The third kappa shape index (κ3) is 3.24. The Morgan fingerprint density at radius 2 is 2.10 bits per heavy atom. The quantitative estimate of drug-likeness (QED) is 0.914. The number of ether oxygens (including phenoxy) is 2. The molecule has 1 aliphatic heterocycles. The van der Waals surface area contributed by atoms with Gasteiger partial charge in [-0.1, -0.05) is 25.0 Å². The molecule has 1 saturated heterocycles. The highest BCUT2D eigenvalue weighted by Crippen LogP contribution is 2.43. The van der Waals surface area contributed by atoms with Crippen LogP contribution < -0.4 is 10.5 Å². The van der Waals surface area contributed by atoms with Gasteiger partial charge in [0.15, 0.2) is 0 Å². The van der Waals surface area contributed by atoms with Gasteiger partial charge in [0.25, 0.3) is 0 Å². The minimum Gasteiger partial charge on any atom is -0.491 e. The lowest BCUT2D eigenvalue weighted by Gasteiger charge is -2.24. The van der Waals surface area contributed by atoms with Crippen molar-refractivity contribution in [2.45, 2.75) is 70.1 Å². The molecule has 3 rings (SSSR count). The van der Waals surface area contributed by atoms with Crippen molar-refractivity contribution in [3.05, 3.63) is 29.3 Å². The van der Waals surface area contributed by atoms with Crippen molar-refractivity contribution in [1.82, 2.24) is 0 Å². The van der Waals surface area contributed by atoms with Crippen molar-refractivity contribution in [2.24, 2.45) is 5.73 Å². The number of benzene rings is 1. The summed E-state index contributed by atoms with van der Waals surface area (Å²) in [6.45, 7) is 4.75. The predicted molar refractivity (Wildman–Crippen MR) is 84.6 cm³/mol. The maximum absolute atomic E-state index is 6.29. The fraction of sp³-hybridized carbons (Fsp3) is 0.667. The van der Waals surface area contributed by atoms with Gasteiger partial charge < -0.3 is 15.2 Å². The average Bonchev–Trinajstić information content (AvgIpc) is 3.08. The molecular weight excluding hydrogens is 262 g/mol. The fourth-order valence-corrected chi connectivity index (χ4v) is 3.70. The second-order valence-corrected chi connectivity index (χ2v) is 6.79. The molecule has 2 fully saturated rings. The average molecular weight is 289 g/mol. The molecule has 1 heterocycles. The smallest absolute Gasteiger partial charge is 0.122 e. The van der Waals surface area contributed by atoms with Crippen molar-refractivity contribution in [3.63, 3.8) is 0 Å². The third-order valence-corrected chi connectivity index (χ3v) is 5.00. The van der Waals surface area contributed by atoms with Crippen LogP contribution in [0.1, 0.15) is 62.6 Å². The second-order valence-electron chi connectivity index (χ2n) is 6.79. The molecule has 1 saturated carbocycles. The van der Waals surface area contributed by atoms with E-state index in [-0.39, 0.29) is 17.7 Å². The molecule has 21 heavy (non-hydrogen) atoms. The van der Waals surface area contributed by atoms with Crippen molar-refractivity contribution in [1.29, 1.82) is 0 Å². The Morgan fingerprint density at radius 1 is 1.33 bits per heavy atom. The van der Waals surface area contributed by atoms with E-state index in [0.717, 1.165) is 23.3 Å². The molecule has 2 N–H and O–H groups in total. The fourth-order valence-electron chi connectivity index (χ4n) is 3.70. The summed E-state index contributed by atoms with van der Waals surface area (Å²) in [6, 6.07) is 6.28. The first-order valence-electron chi connectivity index (χ1n) is 8.25. The van der Waals surface area contributed by atoms with Gasteiger partial charge in [0.1, 0.15) is 12.4 Å².